The molecule has 17 aromatic carbocycles. The number of hydrogen-bond donors (Lipinski definition) is 0. The Morgan fingerprint density at radius 3 is 0.938 bits per heavy atom. The van der Waals surface area contributed by atoms with Crippen molar-refractivity contribution in [2.75, 3.05) is 0 Å². The first-order valence-corrected chi connectivity index (χ1v) is 38.6. The van der Waals surface area contributed by atoms with Crippen LogP contribution in [0.5, 0.6) is 0 Å². The van der Waals surface area contributed by atoms with E-state index in [2.05, 4.69) is 418 Å². The summed E-state index contributed by atoms with van der Waals surface area (Å²) in [6, 6.07) is 147. The highest BCUT2D eigenvalue weighted by atomic mass is 16.3. The first kappa shape index (κ1) is 65.0. The van der Waals surface area contributed by atoms with Crippen LogP contribution in [-0.2, 0) is 0 Å². The number of nitrogens with zero attached hydrogens (tertiary/aromatic N) is 5. The van der Waals surface area contributed by atoms with Crippen molar-refractivity contribution in [3.63, 3.8) is 0 Å². The highest BCUT2D eigenvalue weighted by Crippen LogP contribution is 2.45. The Labute approximate surface area is 652 Å². The maximum Gasteiger partial charge on any atom is 0.135 e. The molecule has 0 amide bonds. The van der Waals surface area contributed by atoms with Crippen LogP contribution in [0.25, 0.3) is 210 Å². The van der Waals surface area contributed by atoms with Gasteiger partial charge in [0.05, 0.1) is 44.1 Å². The molecule has 0 saturated carbocycles. The predicted molar refractivity (Wildman–Crippen MR) is 473 cm³/mol. The standard InChI is InChI=1S/C54H34N2O.C53H35N3/c1-3-13-35(14-4-1)39-29-40(36-15-5-2-6-16-36)31-42(30-39)56-50-21-11-8-18-44(50)47-32-37(24-27-51(47)56)38-23-26-45-43-17-7-10-20-49(43)55(52(45)33-38)41-25-28-54-48(34-41)46-19-9-12-22-53(46)57-54;1-3-12-36(13-4-1)39-16-11-17-44(31-39)55-51-21-10-8-19-47(51)49-34-40(23-25-52(49)55)41-22-24-48-46-18-7-9-20-50(46)56(53(48)35-41)45-32-42(37-14-5-2-6-15-37)30-43(33-45)38-26-28-54-29-27-38/h1-34H;1-35H. The third-order valence-corrected chi connectivity index (χ3v) is 22.9. The van der Waals surface area contributed by atoms with Crippen LogP contribution in [0, 0.1) is 0 Å². The zero-order valence-electron chi connectivity index (χ0n) is 61.5. The Morgan fingerprint density at radius 1 is 0.150 bits per heavy atom. The highest BCUT2D eigenvalue weighted by molar-refractivity contribution is 6.16. The van der Waals surface area contributed by atoms with Gasteiger partial charge in [-0.05, 0) is 223 Å². The van der Waals surface area contributed by atoms with Gasteiger partial charge in [0.1, 0.15) is 11.2 Å². The quantitative estimate of drug-likeness (QED) is 0.130. The number of rotatable bonds is 11. The maximum absolute atomic E-state index is 6.21. The van der Waals surface area contributed by atoms with Gasteiger partial charge in [0, 0.05) is 89.0 Å². The SMILES string of the molecule is c1ccc(-c2cc(-c3ccccc3)cc(-n3c4ccccc4c4cc(-c5ccc6c7ccccc7n(-c7ccc8oc9ccccc9c8c7)c6c5)ccc43)c2)cc1.c1ccc(-c2cccc(-n3c4ccccc4c4cc(-c5ccc6c7ccccc7n(-c7cc(-c8ccccc8)cc(-c8ccncc8)c7)c6c5)ccc43)c2)cc1. The Kier molecular flexibility index (Phi) is 15.5. The molecule has 23 aromatic rings. The zero-order chi connectivity index (χ0) is 74.5. The summed E-state index contributed by atoms with van der Waals surface area (Å²) >= 11 is 0. The first-order chi connectivity index (χ1) is 56.0. The summed E-state index contributed by atoms with van der Waals surface area (Å²) in [5.41, 5.74) is 32.4. The predicted octanol–water partition coefficient (Wildman–Crippen LogP) is 28.7. The molecule has 6 nitrogen and oxygen atoms in total. The van der Waals surface area contributed by atoms with E-state index in [0.717, 1.165) is 55.8 Å². The third-order valence-electron chi connectivity index (χ3n) is 22.9. The smallest absolute Gasteiger partial charge is 0.135 e. The number of aromatic nitrogens is 5. The van der Waals surface area contributed by atoms with Crippen LogP contribution >= 0.6 is 0 Å². The van der Waals surface area contributed by atoms with Gasteiger partial charge in [0.15, 0.2) is 0 Å². The lowest BCUT2D eigenvalue weighted by atomic mass is 9.98. The number of furan rings is 1. The van der Waals surface area contributed by atoms with Crippen molar-refractivity contribution in [1.82, 2.24) is 23.3 Å². The topological polar surface area (TPSA) is 45.8 Å². The number of hydrogen-bond acceptors (Lipinski definition) is 2. The monoisotopic (exact) mass is 1440 g/mol. The van der Waals surface area contributed by atoms with Crippen LogP contribution in [0.2, 0.25) is 0 Å². The van der Waals surface area contributed by atoms with Gasteiger partial charge in [0.25, 0.3) is 0 Å². The van der Waals surface area contributed by atoms with Gasteiger partial charge in [-0.2, -0.15) is 0 Å². The van der Waals surface area contributed by atoms with E-state index in [9.17, 15) is 0 Å². The second kappa shape index (κ2) is 26.9. The summed E-state index contributed by atoms with van der Waals surface area (Å²) in [5, 5.41) is 12.1. The molecule has 0 saturated heterocycles. The Hall–Kier alpha value is -15.1. The molecule has 6 aromatic heterocycles. The molecule has 0 atom stereocenters. The van der Waals surface area contributed by atoms with E-state index in [-0.39, 0.29) is 0 Å². The third kappa shape index (κ3) is 11.2. The van der Waals surface area contributed by atoms with Crippen molar-refractivity contribution in [3.05, 3.63) is 419 Å². The molecule has 23 rings (SSSR count). The van der Waals surface area contributed by atoms with Crippen molar-refractivity contribution in [1.29, 1.82) is 0 Å². The van der Waals surface area contributed by atoms with Gasteiger partial charge in [-0.3, -0.25) is 4.98 Å². The lowest BCUT2D eigenvalue weighted by Gasteiger charge is -2.14. The molecule has 0 bridgehead atoms. The maximum atomic E-state index is 6.21. The molecule has 0 unspecified atom stereocenters. The molecule has 0 spiro atoms. The van der Waals surface area contributed by atoms with Gasteiger partial charge in [0.2, 0.25) is 0 Å². The minimum Gasteiger partial charge on any atom is -0.456 e. The fourth-order valence-electron chi connectivity index (χ4n) is 17.6. The second-order valence-electron chi connectivity index (χ2n) is 29.4. The number of pyridine rings is 1. The van der Waals surface area contributed by atoms with Gasteiger partial charge in [-0.25, -0.2) is 0 Å². The summed E-state index contributed by atoms with van der Waals surface area (Å²) in [5.74, 6) is 0. The summed E-state index contributed by atoms with van der Waals surface area (Å²) in [4.78, 5) is 4.30. The molecule has 0 fully saturated rings. The van der Waals surface area contributed by atoms with Crippen molar-refractivity contribution in [2.24, 2.45) is 0 Å². The van der Waals surface area contributed by atoms with Crippen LogP contribution in [0.15, 0.2) is 423 Å². The molecule has 6 heterocycles. The number of benzene rings is 17. The Morgan fingerprint density at radius 2 is 0.460 bits per heavy atom. The summed E-state index contributed by atoms with van der Waals surface area (Å²) in [6.45, 7) is 0. The number of para-hydroxylation sites is 5. The Balaban J connectivity index is 0.000000138. The van der Waals surface area contributed by atoms with E-state index < -0.39 is 0 Å². The van der Waals surface area contributed by atoms with Gasteiger partial charge >= 0.3 is 0 Å². The van der Waals surface area contributed by atoms with E-state index in [0.29, 0.717) is 0 Å². The summed E-state index contributed by atoms with van der Waals surface area (Å²) in [6.07, 6.45) is 3.74. The molecule has 0 N–H and O–H groups in total. The van der Waals surface area contributed by atoms with Crippen molar-refractivity contribution < 1.29 is 4.42 Å². The van der Waals surface area contributed by atoms with E-state index in [1.807, 2.05) is 24.5 Å². The molecule has 113 heavy (non-hydrogen) atoms. The van der Waals surface area contributed by atoms with Crippen LogP contribution in [0.1, 0.15) is 0 Å². The second-order valence-corrected chi connectivity index (χ2v) is 29.4. The summed E-state index contributed by atoms with van der Waals surface area (Å²) < 4.78 is 15.9. The van der Waals surface area contributed by atoms with Crippen LogP contribution in [-0.4, -0.2) is 23.3 Å². The fraction of sp³-hybridized carbons (Fsp3) is 0. The largest absolute Gasteiger partial charge is 0.456 e. The zero-order valence-corrected chi connectivity index (χ0v) is 61.5. The first-order valence-electron chi connectivity index (χ1n) is 38.6. The molecule has 528 valence electrons. The molecule has 0 radical (unpaired) electrons. The molecule has 0 aliphatic carbocycles. The Bertz CT molecular complexity index is 7540. The van der Waals surface area contributed by atoms with Crippen LogP contribution < -0.4 is 0 Å². The minimum absolute atomic E-state index is 0.900. The van der Waals surface area contributed by atoms with Gasteiger partial charge < -0.3 is 22.7 Å². The van der Waals surface area contributed by atoms with Crippen molar-refractivity contribution in [2.45, 2.75) is 0 Å². The molecule has 0 aliphatic heterocycles. The van der Waals surface area contributed by atoms with Gasteiger partial charge in [-0.1, -0.05) is 261 Å². The lowest BCUT2D eigenvalue weighted by Crippen LogP contribution is -1.96. The van der Waals surface area contributed by atoms with E-state index >= 15 is 0 Å². The number of fused-ring (bicyclic) bond motifs is 15. The van der Waals surface area contributed by atoms with Crippen LogP contribution in [0.3, 0.4) is 0 Å². The van der Waals surface area contributed by atoms with Crippen molar-refractivity contribution >= 4 is 109 Å². The summed E-state index contributed by atoms with van der Waals surface area (Å²) in [7, 11) is 0. The van der Waals surface area contributed by atoms with Crippen molar-refractivity contribution in [3.8, 4) is 101 Å². The van der Waals surface area contributed by atoms with Gasteiger partial charge in [-0.15, -0.1) is 0 Å². The average molecular weight is 1440 g/mol. The fourth-order valence-corrected chi connectivity index (χ4v) is 17.6. The highest BCUT2D eigenvalue weighted by Gasteiger charge is 2.22. The minimum atomic E-state index is 0.900. The molecule has 6 heteroatoms. The molecular formula is C107H69N5O. The normalized spacial score (nSPS) is 11.7. The van der Waals surface area contributed by atoms with E-state index in [1.165, 1.54) is 154 Å². The average Bonchev–Trinajstić information content (AvgIpc) is 1.59. The van der Waals surface area contributed by atoms with E-state index in [4.69, 9.17) is 4.42 Å². The van der Waals surface area contributed by atoms with Crippen LogP contribution in [0.4, 0.5) is 0 Å². The van der Waals surface area contributed by atoms with E-state index in [1.54, 1.807) is 0 Å². The molecule has 0 aliphatic rings. The molecular weight excluding hydrogens is 1370 g/mol. The lowest BCUT2D eigenvalue weighted by molar-refractivity contribution is 0.669.